The Morgan fingerprint density at radius 1 is 0.925 bits per heavy atom. The van der Waals surface area contributed by atoms with Gasteiger partial charge in [0.25, 0.3) is 0 Å². The Balaban J connectivity index is 1.58. The number of aryl methyl sites for hydroxylation is 2. The van der Waals surface area contributed by atoms with E-state index in [0.717, 1.165) is 48.8 Å². The van der Waals surface area contributed by atoms with Gasteiger partial charge in [0.15, 0.2) is 0 Å². The Labute approximate surface area is 237 Å². The van der Waals surface area contributed by atoms with Crippen LogP contribution < -0.4 is 15.5 Å². The van der Waals surface area contributed by atoms with Gasteiger partial charge >= 0.3 is 0 Å². The van der Waals surface area contributed by atoms with Crippen molar-refractivity contribution in [2.75, 3.05) is 10.2 Å². The summed E-state index contributed by atoms with van der Waals surface area (Å²) in [4.78, 5) is 46.1. The topological polar surface area (TPSA) is 91.4 Å². The van der Waals surface area contributed by atoms with Crippen LogP contribution in [0.3, 0.4) is 0 Å². The van der Waals surface area contributed by atoms with E-state index in [4.69, 9.17) is 0 Å². The van der Waals surface area contributed by atoms with Crippen molar-refractivity contribution in [3.05, 3.63) is 89.6 Å². The fourth-order valence-electron chi connectivity index (χ4n) is 5.19. The molecule has 1 saturated carbocycles. The second kappa shape index (κ2) is 14.4. The molecule has 2 aromatic carbocycles. The van der Waals surface area contributed by atoms with Gasteiger partial charge in [-0.15, -0.1) is 0 Å². The van der Waals surface area contributed by atoms with Crippen LogP contribution >= 0.6 is 0 Å². The van der Waals surface area contributed by atoms with Crippen LogP contribution in [-0.4, -0.2) is 28.7 Å². The monoisotopic (exact) mass is 540 g/mol. The fourth-order valence-corrected chi connectivity index (χ4v) is 5.19. The van der Waals surface area contributed by atoms with E-state index in [2.05, 4.69) is 22.5 Å². The van der Waals surface area contributed by atoms with Gasteiger partial charge in [0.2, 0.25) is 17.7 Å². The maximum absolute atomic E-state index is 13.9. The van der Waals surface area contributed by atoms with E-state index < -0.39 is 6.04 Å². The summed E-state index contributed by atoms with van der Waals surface area (Å²) in [5.41, 5.74) is 3.67. The SMILES string of the molecule is CCc1ccc(N(C(=O)CCCC(=O)Nc2ccccn2)[C@H](C(=O)NC2CCCCC2)c2ccc(C)cc2)cc1. The molecule has 40 heavy (non-hydrogen) atoms. The van der Waals surface area contributed by atoms with E-state index in [1.54, 1.807) is 29.3 Å². The number of nitrogens with one attached hydrogen (secondary N) is 2. The van der Waals surface area contributed by atoms with Gasteiger partial charge in [0.1, 0.15) is 11.9 Å². The van der Waals surface area contributed by atoms with Gasteiger partial charge in [0.05, 0.1) is 0 Å². The van der Waals surface area contributed by atoms with Crippen LogP contribution in [0.5, 0.6) is 0 Å². The number of amides is 3. The molecular formula is C33H40N4O3. The van der Waals surface area contributed by atoms with E-state index in [1.165, 1.54) is 6.42 Å². The van der Waals surface area contributed by atoms with Crippen molar-refractivity contribution >= 4 is 29.2 Å². The average Bonchev–Trinajstić information content (AvgIpc) is 2.97. The number of benzene rings is 2. The van der Waals surface area contributed by atoms with Crippen molar-refractivity contribution in [2.24, 2.45) is 0 Å². The quantitative estimate of drug-likeness (QED) is 0.299. The number of carbonyl (C=O) groups is 3. The molecular weight excluding hydrogens is 500 g/mol. The molecule has 0 saturated heterocycles. The Bertz CT molecular complexity index is 1250. The summed E-state index contributed by atoms with van der Waals surface area (Å²) in [5, 5.41) is 6.03. The number of aromatic nitrogens is 1. The number of rotatable bonds is 11. The number of pyridine rings is 1. The first-order chi connectivity index (χ1) is 19.4. The largest absolute Gasteiger partial charge is 0.351 e. The second-order valence-corrected chi connectivity index (χ2v) is 10.6. The molecule has 3 amide bonds. The summed E-state index contributed by atoms with van der Waals surface area (Å²) in [6.45, 7) is 4.09. The summed E-state index contributed by atoms with van der Waals surface area (Å²) < 4.78 is 0. The average molecular weight is 541 g/mol. The minimum Gasteiger partial charge on any atom is -0.351 e. The molecule has 0 radical (unpaired) electrons. The van der Waals surface area contributed by atoms with Gasteiger partial charge in [-0.05, 0) is 68.0 Å². The number of nitrogens with zero attached hydrogens (tertiary/aromatic N) is 2. The summed E-state index contributed by atoms with van der Waals surface area (Å²) >= 11 is 0. The summed E-state index contributed by atoms with van der Waals surface area (Å²) in [5.74, 6) is -0.0819. The molecule has 0 spiro atoms. The minimum absolute atomic E-state index is 0.115. The van der Waals surface area contributed by atoms with Crippen molar-refractivity contribution in [1.29, 1.82) is 0 Å². The van der Waals surface area contributed by atoms with Crippen LogP contribution in [0.1, 0.15) is 81.0 Å². The van der Waals surface area contributed by atoms with Crippen molar-refractivity contribution in [3.8, 4) is 0 Å². The fraction of sp³-hybridized carbons (Fsp3) is 0.394. The first kappa shape index (κ1) is 29.0. The zero-order chi connectivity index (χ0) is 28.3. The van der Waals surface area contributed by atoms with Crippen molar-refractivity contribution in [3.63, 3.8) is 0 Å². The molecule has 7 nitrogen and oxygen atoms in total. The molecule has 0 bridgehead atoms. The maximum Gasteiger partial charge on any atom is 0.248 e. The molecule has 1 aliphatic rings. The molecule has 1 aliphatic carbocycles. The smallest absolute Gasteiger partial charge is 0.248 e. The highest BCUT2D eigenvalue weighted by Crippen LogP contribution is 2.31. The number of hydrogen-bond donors (Lipinski definition) is 2. The first-order valence-electron chi connectivity index (χ1n) is 14.4. The van der Waals surface area contributed by atoms with Gasteiger partial charge in [0, 0.05) is 30.8 Å². The lowest BCUT2D eigenvalue weighted by Gasteiger charge is -2.33. The number of carbonyl (C=O) groups excluding carboxylic acids is 3. The van der Waals surface area contributed by atoms with Gasteiger partial charge in [-0.3, -0.25) is 19.3 Å². The Morgan fingerprint density at radius 3 is 2.30 bits per heavy atom. The van der Waals surface area contributed by atoms with Crippen LogP contribution in [0.2, 0.25) is 0 Å². The molecule has 3 aromatic rings. The van der Waals surface area contributed by atoms with E-state index in [0.29, 0.717) is 17.9 Å². The number of hydrogen-bond acceptors (Lipinski definition) is 4. The van der Waals surface area contributed by atoms with Gasteiger partial charge in [-0.25, -0.2) is 4.98 Å². The summed E-state index contributed by atoms with van der Waals surface area (Å²) in [6.07, 6.45) is 8.45. The zero-order valence-corrected chi connectivity index (χ0v) is 23.6. The lowest BCUT2D eigenvalue weighted by Crippen LogP contribution is -2.47. The molecule has 0 unspecified atom stereocenters. The highest BCUT2D eigenvalue weighted by atomic mass is 16.2. The van der Waals surface area contributed by atoms with Crippen LogP contribution in [0, 0.1) is 6.92 Å². The molecule has 7 heteroatoms. The molecule has 4 rings (SSSR count). The Hall–Kier alpha value is -4.00. The molecule has 1 fully saturated rings. The summed E-state index contributed by atoms with van der Waals surface area (Å²) in [6, 6.07) is 20.3. The normalized spacial score (nSPS) is 14.2. The molecule has 2 N–H and O–H groups in total. The van der Waals surface area contributed by atoms with Crippen LogP contribution in [-0.2, 0) is 20.8 Å². The molecule has 210 valence electrons. The predicted octanol–water partition coefficient (Wildman–Crippen LogP) is 6.28. The third-order valence-electron chi connectivity index (χ3n) is 7.47. The van der Waals surface area contributed by atoms with Crippen molar-refractivity contribution in [1.82, 2.24) is 10.3 Å². The van der Waals surface area contributed by atoms with Crippen LogP contribution in [0.4, 0.5) is 11.5 Å². The van der Waals surface area contributed by atoms with E-state index >= 15 is 0 Å². The second-order valence-electron chi connectivity index (χ2n) is 10.6. The van der Waals surface area contributed by atoms with Gasteiger partial charge < -0.3 is 10.6 Å². The first-order valence-corrected chi connectivity index (χ1v) is 14.4. The lowest BCUT2D eigenvalue weighted by atomic mass is 9.94. The van der Waals surface area contributed by atoms with Crippen LogP contribution in [0.15, 0.2) is 72.9 Å². The molecule has 1 atom stereocenters. The third-order valence-corrected chi connectivity index (χ3v) is 7.47. The van der Waals surface area contributed by atoms with Gasteiger partial charge in [-0.1, -0.05) is 74.2 Å². The van der Waals surface area contributed by atoms with Crippen molar-refractivity contribution < 1.29 is 14.4 Å². The minimum atomic E-state index is -0.815. The number of anilines is 2. The molecule has 1 heterocycles. The predicted molar refractivity (Wildman–Crippen MR) is 159 cm³/mol. The highest BCUT2D eigenvalue weighted by Gasteiger charge is 2.34. The third kappa shape index (κ3) is 8.01. The zero-order valence-electron chi connectivity index (χ0n) is 23.6. The van der Waals surface area contributed by atoms with Crippen LogP contribution in [0.25, 0.3) is 0 Å². The van der Waals surface area contributed by atoms with E-state index in [1.807, 2.05) is 55.5 Å². The maximum atomic E-state index is 13.9. The Morgan fingerprint density at radius 2 is 1.65 bits per heavy atom. The summed E-state index contributed by atoms with van der Waals surface area (Å²) in [7, 11) is 0. The Kier molecular flexibility index (Phi) is 10.4. The standard InChI is InChI=1S/C33H40N4O3/c1-3-25-17-21-28(22-18-25)37(31(39)14-9-13-30(38)36-29-12-7-8-23-34-29)32(26-19-15-24(2)16-20-26)33(40)35-27-10-5-4-6-11-27/h7-8,12,15-23,27,32H,3-6,9-11,13-14H2,1-2H3,(H,35,40)(H,34,36,38)/t32-/m0/s1. The molecule has 0 aliphatic heterocycles. The lowest BCUT2D eigenvalue weighted by molar-refractivity contribution is -0.127. The van der Waals surface area contributed by atoms with E-state index in [9.17, 15) is 14.4 Å². The molecule has 1 aromatic heterocycles. The van der Waals surface area contributed by atoms with Gasteiger partial charge in [-0.2, -0.15) is 0 Å². The van der Waals surface area contributed by atoms with Crippen molar-refractivity contribution in [2.45, 2.75) is 83.7 Å². The van der Waals surface area contributed by atoms with E-state index in [-0.39, 0.29) is 36.6 Å². The highest BCUT2D eigenvalue weighted by molar-refractivity contribution is 6.01.